The van der Waals surface area contributed by atoms with Crippen molar-refractivity contribution >= 4 is 5.97 Å². The highest BCUT2D eigenvalue weighted by molar-refractivity contribution is 5.88. The standard InChI is InChI=1S/C11H13NO2/c1-4-9-10(6-5-7-12-9)14-11(13)8(2)3/h5-7H,2,4H2,1,3H3. The highest BCUT2D eigenvalue weighted by Crippen LogP contribution is 2.16. The summed E-state index contributed by atoms with van der Waals surface area (Å²) in [4.78, 5) is 15.3. The number of aryl methyl sites for hydroxylation is 1. The fourth-order valence-corrected chi connectivity index (χ4v) is 0.969. The Balaban J connectivity index is 2.85. The lowest BCUT2D eigenvalue weighted by Crippen LogP contribution is -2.10. The number of ether oxygens (including phenoxy) is 1. The zero-order chi connectivity index (χ0) is 10.6. The first-order valence-electron chi connectivity index (χ1n) is 4.46. The third kappa shape index (κ3) is 2.42. The van der Waals surface area contributed by atoms with Gasteiger partial charge in [-0.3, -0.25) is 4.98 Å². The molecule has 1 aromatic rings. The van der Waals surface area contributed by atoms with Gasteiger partial charge in [0, 0.05) is 11.8 Å². The molecule has 1 heterocycles. The Bertz CT molecular complexity index is 358. The average Bonchev–Trinajstić information content (AvgIpc) is 2.18. The van der Waals surface area contributed by atoms with Gasteiger partial charge in [-0.05, 0) is 25.5 Å². The van der Waals surface area contributed by atoms with Crippen LogP contribution in [0.3, 0.4) is 0 Å². The lowest BCUT2D eigenvalue weighted by molar-refractivity contribution is -0.130. The van der Waals surface area contributed by atoms with Crippen molar-refractivity contribution in [3.8, 4) is 5.75 Å². The molecular formula is C11H13NO2. The van der Waals surface area contributed by atoms with Crippen LogP contribution in [0.1, 0.15) is 19.5 Å². The van der Waals surface area contributed by atoms with E-state index in [0.29, 0.717) is 11.3 Å². The van der Waals surface area contributed by atoms with Gasteiger partial charge in [-0.25, -0.2) is 4.79 Å². The van der Waals surface area contributed by atoms with Crippen molar-refractivity contribution in [1.29, 1.82) is 0 Å². The van der Waals surface area contributed by atoms with E-state index in [4.69, 9.17) is 4.74 Å². The molecule has 0 amide bonds. The van der Waals surface area contributed by atoms with Crippen LogP contribution in [0.4, 0.5) is 0 Å². The molecule has 0 bridgehead atoms. The minimum absolute atomic E-state index is 0.385. The van der Waals surface area contributed by atoms with Crippen LogP contribution in [0.25, 0.3) is 0 Å². The van der Waals surface area contributed by atoms with Gasteiger partial charge < -0.3 is 4.74 Å². The summed E-state index contributed by atoms with van der Waals surface area (Å²) in [7, 11) is 0. The number of esters is 1. The molecule has 74 valence electrons. The Morgan fingerprint density at radius 1 is 1.64 bits per heavy atom. The Kier molecular flexibility index (Phi) is 3.40. The molecule has 0 aliphatic rings. The van der Waals surface area contributed by atoms with Crippen LogP contribution in [0.15, 0.2) is 30.5 Å². The summed E-state index contributed by atoms with van der Waals surface area (Å²) in [5.74, 6) is 0.107. The van der Waals surface area contributed by atoms with E-state index in [2.05, 4.69) is 11.6 Å². The van der Waals surface area contributed by atoms with Crippen molar-refractivity contribution in [2.24, 2.45) is 0 Å². The molecule has 0 atom stereocenters. The fraction of sp³-hybridized carbons (Fsp3) is 0.273. The van der Waals surface area contributed by atoms with Gasteiger partial charge in [-0.15, -0.1) is 0 Å². The van der Waals surface area contributed by atoms with Crippen molar-refractivity contribution < 1.29 is 9.53 Å². The second-order valence-corrected chi connectivity index (χ2v) is 2.97. The van der Waals surface area contributed by atoms with E-state index in [0.717, 1.165) is 12.1 Å². The molecule has 0 fully saturated rings. The van der Waals surface area contributed by atoms with Crippen LogP contribution >= 0.6 is 0 Å². The molecule has 1 rings (SSSR count). The van der Waals surface area contributed by atoms with E-state index in [1.54, 1.807) is 25.3 Å². The zero-order valence-corrected chi connectivity index (χ0v) is 8.41. The summed E-state index contributed by atoms with van der Waals surface area (Å²) in [5.41, 5.74) is 1.16. The molecule has 0 aromatic carbocycles. The van der Waals surface area contributed by atoms with Gasteiger partial charge in [0.25, 0.3) is 0 Å². The topological polar surface area (TPSA) is 39.2 Å². The van der Waals surface area contributed by atoms with E-state index in [9.17, 15) is 4.79 Å². The van der Waals surface area contributed by atoms with Crippen molar-refractivity contribution in [3.63, 3.8) is 0 Å². The number of pyridine rings is 1. The molecule has 0 radical (unpaired) electrons. The predicted octanol–water partition coefficient (Wildman–Crippen LogP) is 2.13. The number of carbonyl (C=O) groups excluding carboxylic acids is 1. The van der Waals surface area contributed by atoms with E-state index in [1.807, 2.05) is 6.92 Å². The first kappa shape index (κ1) is 10.4. The normalized spacial score (nSPS) is 9.57. The van der Waals surface area contributed by atoms with Gasteiger partial charge in [0.1, 0.15) is 0 Å². The van der Waals surface area contributed by atoms with Crippen molar-refractivity contribution in [2.45, 2.75) is 20.3 Å². The van der Waals surface area contributed by atoms with Crippen molar-refractivity contribution in [3.05, 3.63) is 36.2 Å². The maximum absolute atomic E-state index is 11.2. The molecule has 3 nitrogen and oxygen atoms in total. The summed E-state index contributed by atoms with van der Waals surface area (Å²) in [6.07, 6.45) is 2.41. The van der Waals surface area contributed by atoms with E-state index in [-0.39, 0.29) is 0 Å². The van der Waals surface area contributed by atoms with Crippen LogP contribution in [0, 0.1) is 0 Å². The third-order valence-corrected chi connectivity index (χ3v) is 1.73. The highest BCUT2D eigenvalue weighted by Gasteiger charge is 2.08. The summed E-state index contributed by atoms with van der Waals surface area (Å²) in [6.45, 7) is 7.09. The lowest BCUT2D eigenvalue weighted by Gasteiger charge is -2.06. The number of hydrogen-bond donors (Lipinski definition) is 0. The van der Waals surface area contributed by atoms with Gasteiger partial charge >= 0.3 is 5.97 Å². The molecule has 0 spiro atoms. The smallest absolute Gasteiger partial charge is 0.338 e. The molecule has 0 unspecified atom stereocenters. The second kappa shape index (κ2) is 4.56. The van der Waals surface area contributed by atoms with Crippen molar-refractivity contribution in [2.75, 3.05) is 0 Å². The monoisotopic (exact) mass is 191 g/mol. The summed E-state index contributed by atoms with van der Waals surface area (Å²) in [5, 5.41) is 0. The number of carbonyl (C=O) groups is 1. The second-order valence-electron chi connectivity index (χ2n) is 2.97. The largest absolute Gasteiger partial charge is 0.421 e. The van der Waals surface area contributed by atoms with E-state index in [1.165, 1.54) is 0 Å². The molecule has 3 heteroatoms. The summed E-state index contributed by atoms with van der Waals surface area (Å²) >= 11 is 0. The van der Waals surface area contributed by atoms with Crippen LogP contribution in [-0.4, -0.2) is 11.0 Å². The molecule has 1 aromatic heterocycles. The van der Waals surface area contributed by atoms with Gasteiger partial charge in [0.2, 0.25) is 0 Å². The number of rotatable bonds is 3. The van der Waals surface area contributed by atoms with Gasteiger partial charge in [0.05, 0.1) is 5.69 Å². The molecule has 0 aliphatic heterocycles. The maximum Gasteiger partial charge on any atom is 0.338 e. The zero-order valence-electron chi connectivity index (χ0n) is 8.41. The average molecular weight is 191 g/mol. The Morgan fingerprint density at radius 3 is 2.93 bits per heavy atom. The first-order chi connectivity index (χ1) is 6.65. The van der Waals surface area contributed by atoms with Gasteiger partial charge in [0.15, 0.2) is 5.75 Å². The molecular weight excluding hydrogens is 178 g/mol. The SMILES string of the molecule is C=C(C)C(=O)Oc1cccnc1CC. The highest BCUT2D eigenvalue weighted by atomic mass is 16.5. The lowest BCUT2D eigenvalue weighted by atomic mass is 10.2. The number of nitrogens with zero attached hydrogens (tertiary/aromatic N) is 1. The minimum Gasteiger partial charge on any atom is -0.421 e. The number of aromatic nitrogens is 1. The summed E-state index contributed by atoms with van der Waals surface area (Å²) in [6, 6.07) is 3.47. The Morgan fingerprint density at radius 2 is 2.36 bits per heavy atom. The third-order valence-electron chi connectivity index (χ3n) is 1.73. The molecule has 0 N–H and O–H groups in total. The van der Waals surface area contributed by atoms with E-state index < -0.39 is 5.97 Å². The van der Waals surface area contributed by atoms with Crippen LogP contribution < -0.4 is 4.74 Å². The molecule has 0 saturated heterocycles. The quantitative estimate of drug-likeness (QED) is 0.542. The number of hydrogen-bond acceptors (Lipinski definition) is 3. The minimum atomic E-state index is -0.410. The van der Waals surface area contributed by atoms with E-state index >= 15 is 0 Å². The van der Waals surface area contributed by atoms with Crippen LogP contribution in [0.2, 0.25) is 0 Å². The van der Waals surface area contributed by atoms with Crippen LogP contribution in [-0.2, 0) is 11.2 Å². The maximum atomic E-state index is 11.2. The predicted molar refractivity (Wildman–Crippen MR) is 54.1 cm³/mol. The Labute approximate surface area is 83.4 Å². The van der Waals surface area contributed by atoms with Crippen LogP contribution in [0.5, 0.6) is 5.75 Å². The fourth-order valence-electron chi connectivity index (χ4n) is 0.969. The summed E-state index contributed by atoms with van der Waals surface area (Å²) < 4.78 is 5.10. The molecule has 14 heavy (non-hydrogen) atoms. The van der Waals surface area contributed by atoms with Gasteiger partial charge in [-0.2, -0.15) is 0 Å². The van der Waals surface area contributed by atoms with Gasteiger partial charge in [-0.1, -0.05) is 13.5 Å². The Hall–Kier alpha value is -1.64. The van der Waals surface area contributed by atoms with Crippen molar-refractivity contribution in [1.82, 2.24) is 4.98 Å². The molecule has 0 aliphatic carbocycles. The molecule has 0 saturated carbocycles. The first-order valence-corrected chi connectivity index (χ1v) is 4.46.